The highest BCUT2D eigenvalue weighted by Crippen LogP contribution is 2.31. The summed E-state index contributed by atoms with van der Waals surface area (Å²) in [5.41, 5.74) is 1.68. The second-order valence-electron chi connectivity index (χ2n) is 5.49. The van der Waals surface area contributed by atoms with Crippen molar-refractivity contribution in [2.45, 2.75) is 40.0 Å². The molecule has 0 spiro atoms. The number of benzene rings is 1. The van der Waals surface area contributed by atoms with E-state index in [9.17, 15) is 0 Å². The molecule has 0 saturated heterocycles. The van der Waals surface area contributed by atoms with Crippen LogP contribution in [-0.4, -0.2) is 20.2 Å². The molecule has 1 atom stereocenters. The SMILES string of the molecule is CCCC(C)(CNCC)Cc1ccc(OC)c(Br)c1. The molecule has 0 aliphatic carbocycles. The molecule has 0 radical (unpaired) electrons. The number of rotatable bonds is 8. The number of hydrogen-bond donors (Lipinski definition) is 1. The summed E-state index contributed by atoms with van der Waals surface area (Å²) in [6, 6.07) is 6.39. The minimum absolute atomic E-state index is 0.318. The van der Waals surface area contributed by atoms with E-state index in [4.69, 9.17) is 4.74 Å². The Balaban J connectivity index is 2.80. The molecule has 2 nitrogen and oxygen atoms in total. The number of methoxy groups -OCH3 is 1. The molecule has 0 aromatic heterocycles. The predicted octanol–water partition coefficient (Wildman–Crippen LogP) is 4.42. The maximum atomic E-state index is 5.28. The second-order valence-corrected chi connectivity index (χ2v) is 6.34. The van der Waals surface area contributed by atoms with Crippen LogP contribution in [0.4, 0.5) is 0 Å². The molecule has 0 amide bonds. The summed E-state index contributed by atoms with van der Waals surface area (Å²) in [4.78, 5) is 0. The van der Waals surface area contributed by atoms with Gasteiger partial charge in [-0.15, -0.1) is 0 Å². The Morgan fingerprint density at radius 2 is 2.05 bits per heavy atom. The average molecular weight is 328 g/mol. The largest absolute Gasteiger partial charge is 0.496 e. The van der Waals surface area contributed by atoms with E-state index in [0.717, 1.165) is 29.7 Å². The molecule has 108 valence electrons. The van der Waals surface area contributed by atoms with Gasteiger partial charge in [0.15, 0.2) is 0 Å². The first-order valence-electron chi connectivity index (χ1n) is 7.07. The van der Waals surface area contributed by atoms with Gasteiger partial charge in [-0.3, -0.25) is 0 Å². The molecule has 0 heterocycles. The van der Waals surface area contributed by atoms with Crippen molar-refractivity contribution in [1.29, 1.82) is 0 Å². The zero-order valence-corrected chi connectivity index (χ0v) is 14.1. The Bertz CT molecular complexity index is 394. The average Bonchev–Trinajstić information content (AvgIpc) is 2.37. The van der Waals surface area contributed by atoms with Gasteiger partial charge in [-0.2, -0.15) is 0 Å². The molecular weight excluding hydrogens is 302 g/mol. The molecular formula is C16H26BrNO. The molecule has 1 N–H and O–H groups in total. The van der Waals surface area contributed by atoms with Crippen LogP contribution in [0.2, 0.25) is 0 Å². The third-order valence-corrected chi connectivity index (χ3v) is 4.12. The summed E-state index contributed by atoms with van der Waals surface area (Å²) in [7, 11) is 1.70. The lowest BCUT2D eigenvalue weighted by Gasteiger charge is -2.30. The molecule has 0 aliphatic rings. The minimum atomic E-state index is 0.318. The first-order valence-corrected chi connectivity index (χ1v) is 7.87. The highest BCUT2D eigenvalue weighted by molar-refractivity contribution is 9.10. The molecule has 0 aliphatic heterocycles. The predicted molar refractivity (Wildman–Crippen MR) is 86.0 cm³/mol. The fraction of sp³-hybridized carbons (Fsp3) is 0.625. The summed E-state index contributed by atoms with van der Waals surface area (Å²) in [6.45, 7) is 8.90. The van der Waals surface area contributed by atoms with Gasteiger partial charge < -0.3 is 10.1 Å². The van der Waals surface area contributed by atoms with Crippen molar-refractivity contribution in [1.82, 2.24) is 5.32 Å². The van der Waals surface area contributed by atoms with Gasteiger partial charge in [-0.1, -0.05) is 33.3 Å². The third kappa shape index (κ3) is 5.15. The van der Waals surface area contributed by atoms with Gasteiger partial charge in [-0.25, -0.2) is 0 Å². The van der Waals surface area contributed by atoms with Crippen LogP contribution in [0.25, 0.3) is 0 Å². The van der Waals surface area contributed by atoms with Crippen LogP contribution in [0.1, 0.15) is 39.2 Å². The zero-order chi connectivity index (χ0) is 14.3. The topological polar surface area (TPSA) is 21.3 Å². The first kappa shape index (κ1) is 16.5. The lowest BCUT2D eigenvalue weighted by molar-refractivity contribution is 0.277. The lowest BCUT2D eigenvalue weighted by atomic mass is 9.79. The van der Waals surface area contributed by atoms with E-state index < -0.39 is 0 Å². The molecule has 0 bridgehead atoms. The van der Waals surface area contributed by atoms with Crippen molar-refractivity contribution < 1.29 is 4.74 Å². The monoisotopic (exact) mass is 327 g/mol. The quantitative estimate of drug-likeness (QED) is 0.763. The van der Waals surface area contributed by atoms with Gasteiger partial charge in [0.1, 0.15) is 5.75 Å². The molecule has 1 aromatic rings. The number of halogens is 1. The first-order chi connectivity index (χ1) is 9.04. The molecule has 0 fully saturated rings. The van der Waals surface area contributed by atoms with Crippen molar-refractivity contribution in [3.8, 4) is 5.75 Å². The second kappa shape index (κ2) is 7.91. The minimum Gasteiger partial charge on any atom is -0.496 e. The van der Waals surface area contributed by atoms with E-state index in [2.05, 4.69) is 54.2 Å². The summed E-state index contributed by atoms with van der Waals surface area (Å²) in [5.74, 6) is 0.896. The van der Waals surface area contributed by atoms with E-state index >= 15 is 0 Å². The maximum absolute atomic E-state index is 5.28. The van der Waals surface area contributed by atoms with E-state index in [0.29, 0.717) is 5.41 Å². The maximum Gasteiger partial charge on any atom is 0.133 e. The summed E-state index contributed by atoms with van der Waals surface area (Å²) in [5, 5.41) is 3.49. The number of ether oxygens (including phenoxy) is 1. The van der Waals surface area contributed by atoms with Crippen molar-refractivity contribution in [2.24, 2.45) is 5.41 Å². The third-order valence-electron chi connectivity index (χ3n) is 3.50. The highest BCUT2D eigenvalue weighted by Gasteiger charge is 2.23. The van der Waals surface area contributed by atoms with Crippen LogP contribution in [0, 0.1) is 5.41 Å². The molecule has 1 rings (SSSR count). The summed E-state index contributed by atoms with van der Waals surface area (Å²) >= 11 is 3.57. The Labute approximate surface area is 126 Å². The van der Waals surface area contributed by atoms with Gasteiger partial charge in [0.2, 0.25) is 0 Å². The number of hydrogen-bond acceptors (Lipinski definition) is 2. The van der Waals surface area contributed by atoms with E-state index in [1.165, 1.54) is 18.4 Å². The lowest BCUT2D eigenvalue weighted by Crippen LogP contribution is -2.33. The fourth-order valence-electron chi connectivity index (χ4n) is 2.58. The van der Waals surface area contributed by atoms with Gasteiger partial charge in [0.05, 0.1) is 11.6 Å². The molecule has 1 unspecified atom stereocenters. The fourth-order valence-corrected chi connectivity index (χ4v) is 3.17. The Morgan fingerprint density at radius 1 is 1.32 bits per heavy atom. The molecule has 3 heteroatoms. The van der Waals surface area contributed by atoms with Crippen LogP contribution in [0.3, 0.4) is 0 Å². The number of nitrogens with one attached hydrogen (secondary N) is 1. The normalized spacial score (nSPS) is 14.2. The van der Waals surface area contributed by atoms with E-state index in [-0.39, 0.29) is 0 Å². The van der Waals surface area contributed by atoms with Crippen molar-refractivity contribution in [3.63, 3.8) is 0 Å². The van der Waals surface area contributed by atoms with Crippen LogP contribution in [-0.2, 0) is 6.42 Å². The van der Waals surface area contributed by atoms with E-state index in [1.807, 2.05) is 6.07 Å². The van der Waals surface area contributed by atoms with Crippen LogP contribution >= 0.6 is 15.9 Å². The summed E-state index contributed by atoms with van der Waals surface area (Å²) in [6.07, 6.45) is 3.55. The van der Waals surface area contributed by atoms with Gasteiger partial charge in [0, 0.05) is 6.54 Å². The summed E-state index contributed by atoms with van der Waals surface area (Å²) < 4.78 is 6.32. The molecule has 19 heavy (non-hydrogen) atoms. The van der Waals surface area contributed by atoms with Crippen LogP contribution in [0.5, 0.6) is 5.75 Å². The standard InChI is InChI=1S/C16H26BrNO/c1-5-9-16(3,12-18-6-2)11-13-7-8-15(19-4)14(17)10-13/h7-8,10,18H,5-6,9,11-12H2,1-4H3. The smallest absolute Gasteiger partial charge is 0.133 e. The van der Waals surface area contributed by atoms with Crippen molar-refractivity contribution in [3.05, 3.63) is 28.2 Å². The Kier molecular flexibility index (Phi) is 6.87. The Morgan fingerprint density at radius 3 is 2.58 bits per heavy atom. The van der Waals surface area contributed by atoms with Crippen molar-refractivity contribution in [2.75, 3.05) is 20.2 Å². The van der Waals surface area contributed by atoms with Gasteiger partial charge >= 0.3 is 0 Å². The van der Waals surface area contributed by atoms with Gasteiger partial charge in [-0.05, 0) is 58.4 Å². The highest BCUT2D eigenvalue weighted by atomic mass is 79.9. The van der Waals surface area contributed by atoms with Crippen LogP contribution in [0.15, 0.2) is 22.7 Å². The molecule has 0 saturated carbocycles. The zero-order valence-electron chi connectivity index (χ0n) is 12.6. The van der Waals surface area contributed by atoms with Gasteiger partial charge in [0.25, 0.3) is 0 Å². The molecule has 1 aromatic carbocycles. The van der Waals surface area contributed by atoms with Crippen LogP contribution < -0.4 is 10.1 Å². The van der Waals surface area contributed by atoms with E-state index in [1.54, 1.807) is 7.11 Å². The Hall–Kier alpha value is -0.540. The van der Waals surface area contributed by atoms with Crippen molar-refractivity contribution >= 4 is 15.9 Å².